The molecule has 4 heteroatoms. The lowest BCUT2D eigenvalue weighted by molar-refractivity contribution is 0.163. The lowest BCUT2D eigenvalue weighted by atomic mass is 10.0. The molecule has 0 aromatic heterocycles. The van der Waals surface area contributed by atoms with Crippen molar-refractivity contribution in [1.82, 2.24) is 10.6 Å². The highest BCUT2D eigenvalue weighted by Crippen LogP contribution is 2.11. The van der Waals surface area contributed by atoms with E-state index >= 15 is 0 Å². The van der Waals surface area contributed by atoms with Crippen LogP contribution in [-0.4, -0.2) is 29.8 Å². The van der Waals surface area contributed by atoms with Crippen LogP contribution >= 0.6 is 0 Å². The molecule has 3 unspecified atom stereocenters. The molecule has 1 rings (SSSR count). The van der Waals surface area contributed by atoms with E-state index in [9.17, 15) is 9.90 Å². The summed E-state index contributed by atoms with van der Waals surface area (Å²) < 4.78 is 0. The van der Waals surface area contributed by atoms with Crippen LogP contribution in [-0.2, 0) is 6.42 Å². The number of amides is 2. The Bertz CT molecular complexity index is 466. The minimum Gasteiger partial charge on any atom is -0.393 e. The van der Waals surface area contributed by atoms with E-state index in [4.69, 9.17) is 0 Å². The van der Waals surface area contributed by atoms with Gasteiger partial charge < -0.3 is 15.7 Å². The summed E-state index contributed by atoms with van der Waals surface area (Å²) >= 11 is 0. The van der Waals surface area contributed by atoms with Crippen molar-refractivity contribution in [3.8, 4) is 0 Å². The molecule has 3 atom stereocenters. The van der Waals surface area contributed by atoms with E-state index < -0.39 is 0 Å². The zero-order valence-corrected chi connectivity index (χ0v) is 14.4. The third-order valence-corrected chi connectivity index (χ3v) is 3.56. The fourth-order valence-electron chi connectivity index (χ4n) is 2.80. The normalized spacial score (nSPS) is 15.0. The molecule has 124 valence electrons. The monoisotopic (exact) mass is 306 g/mol. The number of rotatable bonds is 7. The number of hydrogen-bond acceptors (Lipinski definition) is 2. The molecule has 0 fully saturated rings. The molecule has 0 aliphatic heterocycles. The van der Waals surface area contributed by atoms with Crippen molar-refractivity contribution in [3.63, 3.8) is 0 Å². The Labute approximate surface area is 134 Å². The van der Waals surface area contributed by atoms with E-state index in [-0.39, 0.29) is 24.1 Å². The summed E-state index contributed by atoms with van der Waals surface area (Å²) in [4.78, 5) is 11.9. The van der Waals surface area contributed by atoms with Crippen molar-refractivity contribution in [2.75, 3.05) is 6.54 Å². The Morgan fingerprint density at radius 3 is 2.27 bits per heavy atom. The summed E-state index contributed by atoms with van der Waals surface area (Å²) in [6.07, 6.45) is 1.18. The molecule has 4 nitrogen and oxygen atoms in total. The Morgan fingerprint density at radius 1 is 1.14 bits per heavy atom. The first kappa shape index (κ1) is 18.5. The van der Waals surface area contributed by atoms with E-state index in [1.165, 1.54) is 16.7 Å². The second-order valence-electron chi connectivity index (χ2n) is 6.65. The summed E-state index contributed by atoms with van der Waals surface area (Å²) in [7, 11) is 0. The minimum absolute atomic E-state index is 0.0771. The van der Waals surface area contributed by atoms with Crippen molar-refractivity contribution in [1.29, 1.82) is 0 Å². The van der Waals surface area contributed by atoms with E-state index in [0.29, 0.717) is 13.0 Å². The van der Waals surface area contributed by atoms with Crippen LogP contribution in [0.15, 0.2) is 18.2 Å². The summed E-state index contributed by atoms with van der Waals surface area (Å²) in [5.41, 5.74) is 3.74. The summed E-state index contributed by atoms with van der Waals surface area (Å²) in [5.74, 6) is 0.264. The van der Waals surface area contributed by atoms with Gasteiger partial charge in [-0.3, -0.25) is 0 Å². The molecule has 0 bridgehead atoms. The molecule has 0 saturated heterocycles. The number of aliphatic hydroxyl groups excluding tert-OH is 1. The molecule has 0 aliphatic rings. The SMILES string of the molecule is Cc1cc(C)cc(CC(C)NC(=O)NCC(C)CC(C)O)c1. The van der Waals surface area contributed by atoms with Crippen LogP contribution in [0.25, 0.3) is 0 Å². The van der Waals surface area contributed by atoms with Gasteiger partial charge in [0, 0.05) is 12.6 Å². The standard InChI is InChI=1S/C18H30N2O2/c1-12-6-13(2)9-17(8-12)10-15(4)20-18(22)19-11-14(3)7-16(5)21/h6,8-9,14-16,21H,7,10-11H2,1-5H3,(H2,19,20,22). The Morgan fingerprint density at radius 2 is 1.73 bits per heavy atom. The highest BCUT2D eigenvalue weighted by atomic mass is 16.3. The highest BCUT2D eigenvalue weighted by molar-refractivity contribution is 5.74. The Hall–Kier alpha value is -1.55. The van der Waals surface area contributed by atoms with Crippen molar-refractivity contribution >= 4 is 6.03 Å². The smallest absolute Gasteiger partial charge is 0.315 e. The number of nitrogens with one attached hydrogen (secondary N) is 2. The molecular weight excluding hydrogens is 276 g/mol. The van der Waals surface area contributed by atoms with E-state index in [1.807, 2.05) is 13.8 Å². The van der Waals surface area contributed by atoms with Crippen LogP contribution < -0.4 is 10.6 Å². The molecule has 3 N–H and O–H groups in total. The number of aliphatic hydroxyl groups is 1. The van der Waals surface area contributed by atoms with Gasteiger partial charge >= 0.3 is 6.03 Å². The number of aryl methyl sites for hydroxylation is 2. The molecule has 1 aromatic carbocycles. The fourth-order valence-corrected chi connectivity index (χ4v) is 2.80. The molecule has 0 aliphatic carbocycles. The van der Waals surface area contributed by atoms with Gasteiger partial charge in [0.15, 0.2) is 0 Å². The van der Waals surface area contributed by atoms with Gasteiger partial charge in [-0.25, -0.2) is 4.79 Å². The van der Waals surface area contributed by atoms with Crippen molar-refractivity contribution in [2.24, 2.45) is 5.92 Å². The van der Waals surface area contributed by atoms with Crippen molar-refractivity contribution in [2.45, 2.75) is 59.6 Å². The second kappa shape index (κ2) is 8.79. The van der Waals surface area contributed by atoms with Crippen LogP contribution in [0.1, 0.15) is 43.9 Å². The van der Waals surface area contributed by atoms with Gasteiger partial charge in [0.05, 0.1) is 6.10 Å². The number of urea groups is 1. The molecule has 0 saturated carbocycles. The first-order valence-electron chi connectivity index (χ1n) is 8.06. The lowest BCUT2D eigenvalue weighted by Gasteiger charge is -2.18. The maximum absolute atomic E-state index is 11.9. The Balaban J connectivity index is 2.37. The average Bonchev–Trinajstić information content (AvgIpc) is 2.33. The predicted octanol–water partition coefficient (Wildman–Crippen LogP) is 2.94. The quantitative estimate of drug-likeness (QED) is 0.725. The summed E-state index contributed by atoms with van der Waals surface area (Å²) in [6.45, 7) is 10.5. The van der Waals surface area contributed by atoms with Crippen LogP contribution in [0.3, 0.4) is 0 Å². The van der Waals surface area contributed by atoms with Crippen LogP contribution in [0, 0.1) is 19.8 Å². The topological polar surface area (TPSA) is 61.4 Å². The molecule has 1 aromatic rings. The first-order chi connectivity index (χ1) is 10.3. The molecule has 22 heavy (non-hydrogen) atoms. The maximum Gasteiger partial charge on any atom is 0.315 e. The molecule has 0 radical (unpaired) electrons. The summed E-state index contributed by atoms with van der Waals surface area (Å²) in [5, 5.41) is 15.1. The number of carbonyl (C=O) groups excluding carboxylic acids is 1. The largest absolute Gasteiger partial charge is 0.393 e. The number of hydrogen-bond donors (Lipinski definition) is 3. The fraction of sp³-hybridized carbons (Fsp3) is 0.611. The molecular formula is C18H30N2O2. The van der Waals surface area contributed by atoms with Crippen molar-refractivity contribution < 1.29 is 9.90 Å². The average molecular weight is 306 g/mol. The minimum atomic E-state index is -0.330. The molecule has 0 spiro atoms. The lowest BCUT2D eigenvalue weighted by Crippen LogP contribution is -2.43. The van der Waals surface area contributed by atoms with Gasteiger partial charge in [0.2, 0.25) is 0 Å². The predicted molar refractivity (Wildman–Crippen MR) is 91.1 cm³/mol. The van der Waals surface area contributed by atoms with Gasteiger partial charge in [-0.1, -0.05) is 36.2 Å². The highest BCUT2D eigenvalue weighted by Gasteiger charge is 2.11. The van der Waals surface area contributed by atoms with E-state index in [0.717, 1.165) is 6.42 Å². The van der Waals surface area contributed by atoms with Gasteiger partial charge in [0.1, 0.15) is 0 Å². The third kappa shape index (κ3) is 7.46. The van der Waals surface area contributed by atoms with Gasteiger partial charge in [-0.2, -0.15) is 0 Å². The Kier molecular flexibility index (Phi) is 7.39. The van der Waals surface area contributed by atoms with E-state index in [1.54, 1.807) is 6.92 Å². The van der Waals surface area contributed by atoms with Crippen molar-refractivity contribution in [3.05, 3.63) is 34.9 Å². The van der Waals surface area contributed by atoms with Crippen LogP contribution in [0.2, 0.25) is 0 Å². The maximum atomic E-state index is 11.9. The number of benzene rings is 1. The van der Waals surface area contributed by atoms with E-state index in [2.05, 4.69) is 42.7 Å². The second-order valence-corrected chi connectivity index (χ2v) is 6.65. The summed E-state index contributed by atoms with van der Waals surface area (Å²) in [6, 6.07) is 6.40. The molecule has 2 amide bonds. The van der Waals surface area contributed by atoms with Crippen LogP contribution in [0.5, 0.6) is 0 Å². The first-order valence-corrected chi connectivity index (χ1v) is 8.06. The van der Waals surface area contributed by atoms with Crippen LogP contribution in [0.4, 0.5) is 4.79 Å². The zero-order valence-electron chi connectivity index (χ0n) is 14.4. The van der Waals surface area contributed by atoms with Gasteiger partial charge in [-0.15, -0.1) is 0 Å². The molecule has 0 heterocycles. The van der Waals surface area contributed by atoms with Gasteiger partial charge in [-0.05, 0) is 52.0 Å². The van der Waals surface area contributed by atoms with Gasteiger partial charge in [0.25, 0.3) is 0 Å². The number of carbonyl (C=O) groups is 1. The third-order valence-electron chi connectivity index (χ3n) is 3.56. The zero-order chi connectivity index (χ0) is 16.7.